The SMILES string of the molecule is CC1(C)c2ccccc2-c2ccc(-c3cccc(C(=O)O)c3N)cc21. The maximum Gasteiger partial charge on any atom is 0.337 e. The van der Waals surface area contributed by atoms with Gasteiger partial charge < -0.3 is 10.8 Å². The molecule has 4 rings (SSSR count). The molecule has 0 heterocycles. The van der Waals surface area contributed by atoms with Crippen LogP contribution >= 0.6 is 0 Å². The lowest BCUT2D eigenvalue weighted by Gasteiger charge is -2.22. The first kappa shape index (κ1) is 15.5. The molecule has 0 aliphatic heterocycles. The first-order valence-electron chi connectivity index (χ1n) is 8.28. The lowest BCUT2D eigenvalue weighted by molar-refractivity contribution is 0.0698. The number of benzene rings is 3. The van der Waals surface area contributed by atoms with E-state index in [1.807, 2.05) is 12.1 Å². The first-order valence-corrected chi connectivity index (χ1v) is 8.28. The third-order valence-electron chi connectivity index (χ3n) is 5.23. The highest BCUT2D eigenvalue weighted by atomic mass is 16.4. The van der Waals surface area contributed by atoms with Gasteiger partial charge in [0.2, 0.25) is 0 Å². The van der Waals surface area contributed by atoms with Gasteiger partial charge >= 0.3 is 5.97 Å². The summed E-state index contributed by atoms with van der Waals surface area (Å²) in [7, 11) is 0. The summed E-state index contributed by atoms with van der Waals surface area (Å²) in [5.74, 6) is -1.01. The van der Waals surface area contributed by atoms with Gasteiger partial charge in [0, 0.05) is 11.0 Å². The highest BCUT2D eigenvalue weighted by Gasteiger charge is 2.35. The van der Waals surface area contributed by atoms with Crippen LogP contribution in [0, 0.1) is 0 Å². The number of aromatic carboxylic acids is 1. The van der Waals surface area contributed by atoms with Gasteiger partial charge in [-0.25, -0.2) is 4.79 Å². The number of nitrogen functional groups attached to an aromatic ring is 1. The van der Waals surface area contributed by atoms with Crippen LogP contribution in [-0.2, 0) is 5.41 Å². The van der Waals surface area contributed by atoms with Gasteiger partial charge in [-0.05, 0) is 39.9 Å². The van der Waals surface area contributed by atoms with Crippen LogP contribution in [0.5, 0.6) is 0 Å². The topological polar surface area (TPSA) is 63.3 Å². The van der Waals surface area contributed by atoms with Crippen LogP contribution in [0.25, 0.3) is 22.3 Å². The number of hydrogen-bond donors (Lipinski definition) is 2. The van der Waals surface area contributed by atoms with Gasteiger partial charge in [-0.1, -0.05) is 62.4 Å². The van der Waals surface area contributed by atoms with Crippen LogP contribution in [0.1, 0.15) is 35.3 Å². The summed E-state index contributed by atoms with van der Waals surface area (Å²) in [6.45, 7) is 4.44. The molecule has 3 aromatic rings. The van der Waals surface area contributed by atoms with E-state index in [-0.39, 0.29) is 11.0 Å². The molecule has 1 aliphatic carbocycles. The molecule has 1 aliphatic rings. The molecular formula is C22H19NO2. The minimum atomic E-state index is -1.01. The number of anilines is 1. The van der Waals surface area contributed by atoms with Crippen molar-refractivity contribution in [1.29, 1.82) is 0 Å². The highest BCUT2D eigenvalue weighted by molar-refractivity contribution is 5.98. The summed E-state index contributed by atoms with van der Waals surface area (Å²) in [5.41, 5.74) is 13.2. The second-order valence-electron chi connectivity index (χ2n) is 7.00. The van der Waals surface area contributed by atoms with Gasteiger partial charge in [0.1, 0.15) is 0 Å². The average Bonchev–Trinajstić information content (AvgIpc) is 2.83. The number of rotatable bonds is 2. The van der Waals surface area contributed by atoms with Crippen molar-refractivity contribution in [2.75, 3.05) is 5.73 Å². The van der Waals surface area contributed by atoms with E-state index in [0.717, 1.165) is 11.1 Å². The molecule has 0 saturated carbocycles. The van der Waals surface area contributed by atoms with Crippen molar-refractivity contribution >= 4 is 11.7 Å². The van der Waals surface area contributed by atoms with Crippen LogP contribution in [0.15, 0.2) is 60.7 Å². The molecule has 0 atom stereocenters. The normalized spacial score (nSPS) is 14.0. The fraction of sp³-hybridized carbons (Fsp3) is 0.136. The standard InChI is InChI=1S/C22H19NO2/c1-22(2)18-9-4-3-6-15(18)16-11-10-13(12-19(16)22)14-7-5-8-17(20(14)23)21(24)25/h3-12H,23H2,1-2H3,(H,24,25). The summed E-state index contributed by atoms with van der Waals surface area (Å²) in [6.07, 6.45) is 0. The molecule has 25 heavy (non-hydrogen) atoms. The zero-order chi connectivity index (χ0) is 17.8. The minimum absolute atomic E-state index is 0.0961. The fourth-order valence-corrected chi connectivity index (χ4v) is 3.88. The van der Waals surface area contributed by atoms with Crippen molar-refractivity contribution in [2.24, 2.45) is 0 Å². The lowest BCUT2D eigenvalue weighted by atomic mass is 9.81. The Balaban J connectivity index is 1.92. The van der Waals surface area contributed by atoms with Gasteiger partial charge in [-0.15, -0.1) is 0 Å². The van der Waals surface area contributed by atoms with Gasteiger partial charge in [0.25, 0.3) is 0 Å². The summed E-state index contributed by atoms with van der Waals surface area (Å²) in [5, 5.41) is 9.31. The van der Waals surface area contributed by atoms with Gasteiger partial charge in [0.05, 0.1) is 11.3 Å². The predicted octanol–water partition coefficient (Wildman–Crippen LogP) is 4.94. The Bertz CT molecular complexity index is 1020. The molecule has 0 saturated heterocycles. The molecule has 0 spiro atoms. The van der Waals surface area contributed by atoms with Crippen LogP contribution < -0.4 is 5.73 Å². The molecule has 0 bridgehead atoms. The Kier molecular flexibility index (Phi) is 3.22. The average molecular weight is 329 g/mol. The monoisotopic (exact) mass is 329 g/mol. The van der Waals surface area contributed by atoms with E-state index in [9.17, 15) is 9.90 Å². The molecule has 0 fully saturated rings. The van der Waals surface area contributed by atoms with E-state index in [1.165, 1.54) is 28.3 Å². The Hall–Kier alpha value is -3.07. The van der Waals surface area contributed by atoms with E-state index in [4.69, 9.17) is 5.73 Å². The maximum atomic E-state index is 11.4. The Morgan fingerprint density at radius 2 is 1.56 bits per heavy atom. The summed E-state index contributed by atoms with van der Waals surface area (Å²) in [6, 6.07) is 19.9. The van der Waals surface area contributed by atoms with Gasteiger partial charge in [0.15, 0.2) is 0 Å². The van der Waals surface area contributed by atoms with Crippen LogP contribution in [0.4, 0.5) is 5.69 Å². The van der Waals surface area contributed by atoms with Crippen molar-refractivity contribution < 1.29 is 9.90 Å². The molecule has 0 aromatic heterocycles. The van der Waals surface area contributed by atoms with Crippen molar-refractivity contribution in [3.05, 3.63) is 77.4 Å². The van der Waals surface area contributed by atoms with Crippen LogP contribution in [-0.4, -0.2) is 11.1 Å². The summed E-state index contributed by atoms with van der Waals surface area (Å²) >= 11 is 0. The fourth-order valence-electron chi connectivity index (χ4n) is 3.88. The molecule has 3 nitrogen and oxygen atoms in total. The predicted molar refractivity (Wildman–Crippen MR) is 101 cm³/mol. The highest BCUT2D eigenvalue weighted by Crippen LogP contribution is 2.49. The number of carboxylic acids is 1. The molecule has 3 N–H and O–H groups in total. The van der Waals surface area contributed by atoms with E-state index >= 15 is 0 Å². The summed E-state index contributed by atoms with van der Waals surface area (Å²) in [4.78, 5) is 11.4. The number of carboxylic acid groups (broad SMARTS) is 1. The first-order chi connectivity index (χ1) is 11.9. The number of fused-ring (bicyclic) bond motifs is 3. The van der Waals surface area contributed by atoms with Gasteiger partial charge in [-0.2, -0.15) is 0 Å². The molecular weight excluding hydrogens is 310 g/mol. The van der Waals surface area contributed by atoms with Crippen molar-refractivity contribution in [3.63, 3.8) is 0 Å². The van der Waals surface area contributed by atoms with E-state index in [1.54, 1.807) is 6.07 Å². The third-order valence-corrected chi connectivity index (χ3v) is 5.23. The van der Waals surface area contributed by atoms with Crippen molar-refractivity contribution in [3.8, 4) is 22.3 Å². The minimum Gasteiger partial charge on any atom is -0.478 e. The number of hydrogen-bond acceptors (Lipinski definition) is 2. The van der Waals surface area contributed by atoms with Crippen LogP contribution in [0.3, 0.4) is 0 Å². The Morgan fingerprint density at radius 3 is 2.32 bits per heavy atom. The van der Waals surface area contributed by atoms with Crippen molar-refractivity contribution in [2.45, 2.75) is 19.3 Å². The molecule has 124 valence electrons. The van der Waals surface area contributed by atoms with Crippen LogP contribution in [0.2, 0.25) is 0 Å². The summed E-state index contributed by atoms with van der Waals surface area (Å²) < 4.78 is 0. The second kappa shape index (κ2) is 5.21. The lowest BCUT2D eigenvalue weighted by Crippen LogP contribution is -2.15. The number of nitrogens with two attached hydrogens (primary N) is 1. The zero-order valence-electron chi connectivity index (χ0n) is 14.2. The second-order valence-corrected chi connectivity index (χ2v) is 7.00. The van der Waals surface area contributed by atoms with E-state index in [0.29, 0.717) is 5.69 Å². The van der Waals surface area contributed by atoms with E-state index < -0.39 is 5.97 Å². The largest absolute Gasteiger partial charge is 0.478 e. The smallest absolute Gasteiger partial charge is 0.337 e. The Labute approximate surface area is 146 Å². The van der Waals surface area contributed by atoms with Crippen molar-refractivity contribution in [1.82, 2.24) is 0 Å². The van der Waals surface area contributed by atoms with E-state index in [2.05, 4.69) is 50.2 Å². The number of para-hydroxylation sites is 1. The number of carbonyl (C=O) groups is 1. The third kappa shape index (κ3) is 2.16. The quantitative estimate of drug-likeness (QED) is 0.655. The molecule has 0 unspecified atom stereocenters. The molecule has 0 amide bonds. The zero-order valence-corrected chi connectivity index (χ0v) is 14.2. The molecule has 3 heteroatoms. The molecule has 3 aromatic carbocycles. The molecule has 0 radical (unpaired) electrons. The van der Waals surface area contributed by atoms with Gasteiger partial charge in [-0.3, -0.25) is 0 Å². The maximum absolute atomic E-state index is 11.4. The Morgan fingerprint density at radius 1 is 0.880 bits per heavy atom.